The number of allylic oxidation sites excluding steroid dienone is 1. The van der Waals surface area contributed by atoms with Crippen molar-refractivity contribution in [3.63, 3.8) is 0 Å². The van der Waals surface area contributed by atoms with E-state index in [-0.39, 0.29) is 11.7 Å². The third-order valence-corrected chi connectivity index (χ3v) is 3.21. The standard InChI is InChI=1S/C19H21N3O2/c1-14(2)11-19(24)22-16-6-3-5-15(12-16)18(23)8-10-21-17-7-4-9-20-13-17/h3-7,9,11-13,21H,8,10H2,1-2H3,(H,22,24). The van der Waals surface area contributed by atoms with Crippen molar-refractivity contribution >= 4 is 23.1 Å². The van der Waals surface area contributed by atoms with Gasteiger partial charge in [0.05, 0.1) is 5.69 Å². The Bertz CT molecular complexity index is 735. The van der Waals surface area contributed by atoms with E-state index in [9.17, 15) is 9.59 Å². The molecule has 0 fully saturated rings. The Morgan fingerprint density at radius 2 is 1.92 bits per heavy atom. The van der Waals surface area contributed by atoms with Gasteiger partial charge < -0.3 is 10.6 Å². The number of hydrogen-bond donors (Lipinski definition) is 2. The van der Waals surface area contributed by atoms with Crippen molar-refractivity contribution in [3.05, 3.63) is 66.0 Å². The molecule has 5 heteroatoms. The molecule has 2 rings (SSSR count). The summed E-state index contributed by atoms with van der Waals surface area (Å²) in [6.07, 6.45) is 5.29. The molecule has 0 aliphatic rings. The second kappa shape index (κ2) is 8.62. The van der Waals surface area contributed by atoms with E-state index >= 15 is 0 Å². The van der Waals surface area contributed by atoms with Crippen LogP contribution in [-0.4, -0.2) is 23.2 Å². The van der Waals surface area contributed by atoms with Gasteiger partial charge in [0.1, 0.15) is 0 Å². The summed E-state index contributed by atoms with van der Waals surface area (Å²) in [4.78, 5) is 28.0. The van der Waals surface area contributed by atoms with E-state index in [1.165, 1.54) is 6.08 Å². The van der Waals surface area contributed by atoms with E-state index in [1.54, 1.807) is 36.7 Å². The zero-order valence-corrected chi connectivity index (χ0v) is 13.9. The van der Waals surface area contributed by atoms with Crippen molar-refractivity contribution in [1.29, 1.82) is 0 Å². The van der Waals surface area contributed by atoms with E-state index in [0.29, 0.717) is 24.2 Å². The molecule has 0 radical (unpaired) electrons. The van der Waals surface area contributed by atoms with E-state index in [0.717, 1.165) is 11.3 Å². The first kappa shape index (κ1) is 17.4. The number of ketones is 1. The highest BCUT2D eigenvalue weighted by Gasteiger charge is 2.07. The summed E-state index contributed by atoms with van der Waals surface area (Å²) in [5.74, 6) is -0.178. The minimum absolute atomic E-state index is 0.0182. The molecule has 0 unspecified atom stereocenters. The number of aromatic nitrogens is 1. The van der Waals surface area contributed by atoms with Crippen LogP contribution in [0.25, 0.3) is 0 Å². The van der Waals surface area contributed by atoms with Crippen molar-refractivity contribution in [2.24, 2.45) is 0 Å². The van der Waals surface area contributed by atoms with Crippen LogP contribution in [-0.2, 0) is 4.79 Å². The number of hydrogen-bond acceptors (Lipinski definition) is 4. The van der Waals surface area contributed by atoms with Crippen LogP contribution in [0.2, 0.25) is 0 Å². The maximum atomic E-state index is 12.3. The molecular weight excluding hydrogens is 302 g/mol. The molecule has 1 aromatic heterocycles. The molecule has 2 N–H and O–H groups in total. The van der Waals surface area contributed by atoms with E-state index in [2.05, 4.69) is 15.6 Å². The van der Waals surface area contributed by atoms with Gasteiger partial charge in [0, 0.05) is 42.7 Å². The Hall–Kier alpha value is -2.95. The van der Waals surface area contributed by atoms with Gasteiger partial charge in [0.15, 0.2) is 5.78 Å². The van der Waals surface area contributed by atoms with E-state index in [1.807, 2.05) is 26.0 Å². The number of amides is 1. The highest BCUT2D eigenvalue weighted by molar-refractivity contribution is 6.01. The van der Waals surface area contributed by atoms with Crippen LogP contribution in [0.1, 0.15) is 30.6 Å². The first-order valence-electron chi connectivity index (χ1n) is 7.77. The smallest absolute Gasteiger partial charge is 0.248 e. The van der Waals surface area contributed by atoms with Gasteiger partial charge in [-0.15, -0.1) is 0 Å². The zero-order valence-electron chi connectivity index (χ0n) is 13.9. The molecule has 124 valence electrons. The summed E-state index contributed by atoms with van der Waals surface area (Å²) in [6.45, 7) is 4.24. The lowest BCUT2D eigenvalue weighted by Crippen LogP contribution is -2.11. The first-order valence-corrected chi connectivity index (χ1v) is 7.77. The number of carbonyl (C=O) groups excluding carboxylic acids is 2. The van der Waals surface area contributed by atoms with Crippen LogP contribution < -0.4 is 10.6 Å². The van der Waals surface area contributed by atoms with Crippen LogP contribution in [0.15, 0.2) is 60.4 Å². The summed E-state index contributed by atoms with van der Waals surface area (Å²) in [7, 11) is 0. The van der Waals surface area contributed by atoms with Crippen LogP contribution in [0.3, 0.4) is 0 Å². The molecule has 1 aromatic carbocycles. The molecule has 0 saturated heterocycles. The number of nitrogens with one attached hydrogen (secondary N) is 2. The molecule has 0 saturated carbocycles. The second-order valence-electron chi connectivity index (χ2n) is 5.63. The fourth-order valence-corrected chi connectivity index (χ4v) is 2.14. The van der Waals surface area contributed by atoms with Crippen molar-refractivity contribution in [1.82, 2.24) is 4.98 Å². The van der Waals surface area contributed by atoms with Gasteiger partial charge in [0.2, 0.25) is 5.91 Å². The van der Waals surface area contributed by atoms with Crippen LogP contribution >= 0.6 is 0 Å². The first-order chi connectivity index (χ1) is 11.5. The average Bonchev–Trinajstić information content (AvgIpc) is 2.55. The average molecular weight is 323 g/mol. The third-order valence-electron chi connectivity index (χ3n) is 3.21. The number of nitrogens with zero attached hydrogens (tertiary/aromatic N) is 1. The molecular formula is C19H21N3O2. The van der Waals surface area contributed by atoms with Crippen LogP contribution in [0, 0.1) is 0 Å². The fraction of sp³-hybridized carbons (Fsp3) is 0.211. The number of anilines is 2. The number of carbonyl (C=O) groups is 2. The van der Waals surface area contributed by atoms with Gasteiger partial charge in [-0.3, -0.25) is 14.6 Å². The molecule has 1 amide bonds. The Labute approximate surface area is 141 Å². The van der Waals surface area contributed by atoms with Crippen molar-refractivity contribution < 1.29 is 9.59 Å². The lowest BCUT2D eigenvalue weighted by molar-refractivity contribution is -0.111. The predicted molar refractivity (Wildman–Crippen MR) is 96.2 cm³/mol. The second-order valence-corrected chi connectivity index (χ2v) is 5.63. The number of pyridine rings is 1. The van der Waals surface area contributed by atoms with Crippen molar-refractivity contribution in [2.45, 2.75) is 20.3 Å². The molecule has 0 bridgehead atoms. The lowest BCUT2D eigenvalue weighted by atomic mass is 10.1. The predicted octanol–water partition coefficient (Wildman–Crippen LogP) is 3.67. The molecule has 1 heterocycles. The Morgan fingerprint density at radius 1 is 1.12 bits per heavy atom. The van der Waals surface area contributed by atoms with Crippen LogP contribution in [0.4, 0.5) is 11.4 Å². The topological polar surface area (TPSA) is 71.1 Å². The molecule has 0 aliphatic heterocycles. The lowest BCUT2D eigenvalue weighted by Gasteiger charge is -2.07. The van der Waals surface area contributed by atoms with Gasteiger partial charge in [-0.2, -0.15) is 0 Å². The SMILES string of the molecule is CC(C)=CC(=O)Nc1cccc(C(=O)CCNc2cccnc2)c1. The highest BCUT2D eigenvalue weighted by atomic mass is 16.1. The summed E-state index contributed by atoms with van der Waals surface area (Å²) in [5, 5.41) is 5.91. The number of rotatable bonds is 7. The summed E-state index contributed by atoms with van der Waals surface area (Å²) in [6, 6.07) is 10.7. The fourth-order valence-electron chi connectivity index (χ4n) is 2.14. The van der Waals surface area contributed by atoms with Crippen molar-refractivity contribution in [2.75, 3.05) is 17.2 Å². The quantitative estimate of drug-likeness (QED) is 0.602. The molecule has 2 aromatic rings. The molecule has 0 atom stereocenters. The van der Waals surface area contributed by atoms with E-state index < -0.39 is 0 Å². The number of Topliss-reactive ketones (excluding diaryl/α,β-unsaturated/α-hetero) is 1. The number of benzene rings is 1. The molecule has 0 spiro atoms. The summed E-state index contributed by atoms with van der Waals surface area (Å²) >= 11 is 0. The molecule has 0 aliphatic carbocycles. The minimum atomic E-state index is -0.196. The Kier molecular flexibility index (Phi) is 6.25. The van der Waals surface area contributed by atoms with Gasteiger partial charge in [-0.05, 0) is 38.1 Å². The molecule has 5 nitrogen and oxygen atoms in total. The van der Waals surface area contributed by atoms with Gasteiger partial charge in [-0.1, -0.05) is 17.7 Å². The van der Waals surface area contributed by atoms with Crippen molar-refractivity contribution in [3.8, 4) is 0 Å². The van der Waals surface area contributed by atoms with Gasteiger partial charge in [-0.25, -0.2) is 0 Å². The van der Waals surface area contributed by atoms with E-state index in [4.69, 9.17) is 0 Å². The Balaban J connectivity index is 1.91. The normalized spacial score (nSPS) is 9.92. The van der Waals surface area contributed by atoms with Gasteiger partial charge in [0.25, 0.3) is 0 Å². The monoisotopic (exact) mass is 323 g/mol. The summed E-state index contributed by atoms with van der Waals surface area (Å²) < 4.78 is 0. The third kappa shape index (κ3) is 5.68. The summed E-state index contributed by atoms with van der Waals surface area (Å²) in [5.41, 5.74) is 3.00. The maximum Gasteiger partial charge on any atom is 0.248 e. The maximum absolute atomic E-state index is 12.3. The highest BCUT2D eigenvalue weighted by Crippen LogP contribution is 2.13. The van der Waals surface area contributed by atoms with Gasteiger partial charge >= 0.3 is 0 Å². The largest absolute Gasteiger partial charge is 0.383 e. The Morgan fingerprint density at radius 3 is 2.62 bits per heavy atom. The minimum Gasteiger partial charge on any atom is -0.383 e. The van der Waals surface area contributed by atoms with Crippen LogP contribution in [0.5, 0.6) is 0 Å². The molecule has 24 heavy (non-hydrogen) atoms. The zero-order chi connectivity index (χ0) is 17.4.